The Labute approximate surface area is 100 Å². The van der Waals surface area contributed by atoms with Crippen LogP contribution in [0.5, 0.6) is 11.5 Å². The minimum absolute atomic E-state index is 0. The van der Waals surface area contributed by atoms with Crippen LogP contribution in [0.2, 0.25) is 0 Å². The Bertz CT molecular complexity index is 276. The molecule has 0 heterocycles. The molecule has 0 saturated carbocycles. The summed E-state index contributed by atoms with van der Waals surface area (Å²) < 4.78 is 0. The van der Waals surface area contributed by atoms with Crippen molar-refractivity contribution in [1.82, 2.24) is 0 Å². The third-order valence-electron chi connectivity index (χ3n) is 1.68. The summed E-state index contributed by atoms with van der Waals surface area (Å²) in [5.74, 6) is -0.0666. The van der Waals surface area contributed by atoms with E-state index in [2.05, 4.69) is 0 Å². The normalized spacial score (nSPS) is 8.33. The van der Waals surface area contributed by atoms with E-state index < -0.39 is 7.32 Å². The van der Waals surface area contributed by atoms with Crippen LogP contribution in [0.1, 0.15) is 11.1 Å². The summed E-state index contributed by atoms with van der Waals surface area (Å²) in [7, 11) is -2.17. The van der Waals surface area contributed by atoms with Crippen molar-refractivity contribution in [3.05, 3.63) is 23.3 Å². The van der Waals surface area contributed by atoms with Gasteiger partial charge in [-0.25, -0.2) is 0 Å². The average Bonchev–Trinajstić information content (AvgIpc) is 2.07. The van der Waals surface area contributed by atoms with Crippen molar-refractivity contribution in [3.8, 4) is 11.5 Å². The number of hydrogen-bond donors (Lipinski definition) is 5. The fourth-order valence-electron chi connectivity index (χ4n) is 0.787. The maximum atomic E-state index is 9.14. The van der Waals surface area contributed by atoms with E-state index in [1.165, 1.54) is 6.07 Å². The van der Waals surface area contributed by atoms with Crippen LogP contribution in [-0.2, 0) is 0 Å². The van der Waals surface area contributed by atoms with Gasteiger partial charge in [0, 0.05) is 0 Å². The molecule has 5 nitrogen and oxygen atoms in total. The van der Waals surface area contributed by atoms with Crippen LogP contribution in [0.25, 0.3) is 0 Å². The molecule has 0 aliphatic carbocycles. The van der Waals surface area contributed by atoms with E-state index in [0.717, 1.165) is 11.1 Å². The summed E-state index contributed by atoms with van der Waals surface area (Å²) >= 11 is 0. The van der Waals surface area contributed by atoms with Crippen LogP contribution < -0.4 is 0 Å². The quantitative estimate of drug-likeness (QED) is 0.278. The van der Waals surface area contributed by atoms with Gasteiger partial charge in [0.1, 0.15) is 0 Å². The Kier molecular flexibility index (Phi) is 8.53. The van der Waals surface area contributed by atoms with Gasteiger partial charge in [0.2, 0.25) is 0 Å². The zero-order valence-corrected chi connectivity index (χ0v) is 7.97. The first-order valence-corrected chi connectivity index (χ1v) is 3.88. The van der Waals surface area contributed by atoms with Gasteiger partial charge in [0.25, 0.3) is 0 Å². The second-order valence-corrected chi connectivity index (χ2v) is 2.72. The molecular formula is C8H14BLiO5. The van der Waals surface area contributed by atoms with Crippen LogP contribution in [-0.4, -0.2) is 51.5 Å². The summed E-state index contributed by atoms with van der Waals surface area (Å²) in [4.78, 5) is 0. The van der Waals surface area contributed by atoms with E-state index in [9.17, 15) is 0 Å². The Morgan fingerprint density at radius 1 is 1.00 bits per heavy atom. The molecule has 1 rings (SSSR count). The monoisotopic (exact) mass is 208 g/mol. The van der Waals surface area contributed by atoms with Crippen molar-refractivity contribution in [2.75, 3.05) is 0 Å². The number of phenols is 2. The molecule has 0 aliphatic heterocycles. The molecule has 0 amide bonds. The van der Waals surface area contributed by atoms with E-state index in [1.807, 2.05) is 6.92 Å². The average molecular weight is 208 g/mol. The van der Waals surface area contributed by atoms with E-state index in [0.29, 0.717) is 0 Å². The van der Waals surface area contributed by atoms with Gasteiger partial charge in [-0.1, -0.05) is 6.07 Å². The predicted molar refractivity (Wildman–Crippen MR) is 58.8 cm³/mol. The van der Waals surface area contributed by atoms with E-state index >= 15 is 0 Å². The third kappa shape index (κ3) is 6.44. The van der Waals surface area contributed by atoms with E-state index in [4.69, 9.17) is 25.3 Å². The maximum absolute atomic E-state index is 9.14. The van der Waals surface area contributed by atoms with Gasteiger partial charge in [-0.2, -0.15) is 0 Å². The molecule has 7 heteroatoms. The van der Waals surface area contributed by atoms with Crippen LogP contribution >= 0.6 is 0 Å². The first-order chi connectivity index (χ1) is 6.36. The first-order valence-electron chi connectivity index (χ1n) is 3.88. The van der Waals surface area contributed by atoms with Gasteiger partial charge in [0.05, 0.1) is 0 Å². The second kappa shape index (κ2) is 7.63. The van der Waals surface area contributed by atoms with Gasteiger partial charge >= 0.3 is 26.2 Å². The zero-order chi connectivity index (χ0) is 11.3. The van der Waals surface area contributed by atoms with Crippen LogP contribution in [0, 0.1) is 13.8 Å². The van der Waals surface area contributed by atoms with Crippen molar-refractivity contribution in [2.45, 2.75) is 13.8 Å². The summed E-state index contributed by atoms with van der Waals surface area (Å²) in [6.07, 6.45) is 0. The van der Waals surface area contributed by atoms with Gasteiger partial charge < -0.3 is 25.3 Å². The Hall–Kier alpha value is -0.638. The third-order valence-corrected chi connectivity index (χ3v) is 1.68. The number of phenolic OH excluding ortho intramolecular Hbond substituents is 2. The molecule has 1 aromatic rings. The molecule has 0 unspecified atom stereocenters. The molecule has 15 heavy (non-hydrogen) atoms. The standard InChI is InChI=1S/C8H10O2.BH3O3.Li.H/c1-5-3-4-7(9)8(10)6(5)2;2-1(3)4;;/h3-4,9-10H,1-2H3;2-4H;;. The Balaban J connectivity index is 0. The zero-order valence-electron chi connectivity index (χ0n) is 7.97. The second-order valence-electron chi connectivity index (χ2n) is 2.72. The Morgan fingerprint density at radius 2 is 1.40 bits per heavy atom. The molecule has 5 N–H and O–H groups in total. The van der Waals surface area contributed by atoms with Gasteiger partial charge in [-0.05, 0) is 31.0 Å². The SMILES string of the molecule is Cc1ccc(O)c(O)c1C.OB(O)O.[LiH]. The predicted octanol–water partition coefficient (Wildman–Crippen LogP) is -0.986. The molecule has 0 saturated heterocycles. The number of hydrogen-bond acceptors (Lipinski definition) is 5. The molecule has 0 fully saturated rings. The molecule has 80 valence electrons. The molecule has 0 spiro atoms. The minimum atomic E-state index is -2.17. The fraction of sp³-hybridized carbons (Fsp3) is 0.250. The first kappa shape index (κ1) is 16.8. The molecule has 0 aliphatic rings. The number of aromatic hydroxyl groups is 2. The van der Waals surface area contributed by atoms with E-state index in [1.54, 1.807) is 13.0 Å². The summed E-state index contributed by atoms with van der Waals surface area (Å²) in [5.41, 5.74) is 1.72. The van der Waals surface area contributed by atoms with Gasteiger partial charge in [-0.15, -0.1) is 0 Å². The fourth-order valence-corrected chi connectivity index (χ4v) is 0.787. The van der Waals surface area contributed by atoms with Crippen molar-refractivity contribution in [3.63, 3.8) is 0 Å². The van der Waals surface area contributed by atoms with E-state index in [-0.39, 0.29) is 30.4 Å². The van der Waals surface area contributed by atoms with Crippen LogP contribution in [0.4, 0.5) is 0 Å². The van der Waals surface area contributed by atoms with Crippen LogP contribution in [0.15, 0.2) is 12.1 Å². The van der Waals surface area contributed by atoms with Crippen LogP contribution in [0.3, 0.4) is 0 Å². The van der Waals surface area contributed by atoms with Gasteiger partial charge in [0.15, 0.2) is 11.5 Å². The molecular weight excluding hydrogens is 194 g/mol. The summed E-state index contributed by atoms with van der Waals surface area (Å²) in [5, 5.41) is 39.6. The number of rotatable bonds is 0. The van der Waals surface area contributed by atoms with Crippen molar-refractivity contribution in [2.24, 2.45) is 0 Å². The van der Waals surface area contributed by atoms with Crippen molar-refractivity contribution >= 4 is 26.2 Å². The number of aryl methyl sites for hydroxylation is 1. The van der Waals surface area contributed by atoms with Crippen molar-refractivity contribution < 1.29 is 25.3 Å². The molecule has 0 atom stereocenters. The topological polar surface area (TPSA) is 101 Å². The Morgan fingerprint density at radius 3 is 1.73 bits per heavy atom. The summed E-state index contributed by atoms with van der Waals surface area (Å²) in [6, 6.07) is 3.25. The van der Waals surface area contributed by atoms with Gasteiger partial charge in [-0.3, -0.25) is 0 Å². The molecule has 0 aromatic heterocycles. The molecule has 0 bridgehead atoms. The summed E-state index contributed by atoms with van der Waals surface area (Å²) in [6.45, 7) is 3.65. The number of benzene rings is 1. The molecule has 0 radical (unpaired) electrons. The molecule has 1 aromatic carbocycles. The van der Waals surface area contributed by atoms with Crippen molar-refractivity contribution in [1.29, 1.82) is 0 Å².